The Morgan fingerprint density at radius 1 is 1.47 bits per heavy atom. The molecule has 0 spiro atoms. The van der Waals surface area contributed by atoms with E-state index in [2.05, 4.69) is 52.2 Å². The Morgan fingerprint density at radius 3 is 2.82 bits per heavy atom. The van der Waals surface area contributed by atoms with Gasteiger partial charge in [-0.05, 0) is 40.6 Å². The topological polar surface area (TPSA) is 55.9 Å². The molecule has 2 rings (SSSR count). The molecule has 5 heteroatoms. The van der Waals surface area contributed by atoms with Crippen LogP contribution in [0.4, 0.5) is 0 Å². The maximum atomic E-state index is 5.67. The summed E-state index contributed by atoms with van der Waals surface area (Å²) < 4.78 is 3.01. The fourth-order valence-electron chi connectivity index (χ4n) is 1.85. The standard InChI is InChI=1S/C12H15IN4/c1-8-4-3-5-10(11(8)13)12(16-14)9-6-15-17(2)7-9/h3-7,12,16H,14H2,1-2H3. The van der Waals surface area contributed by atoms with Gasteiger partial charge in [-0.2, -0.15) is 5.10 Å². The highest BCUT2D eigenvalue weighted by Crippen LogP contribution is 2.27. The molecule has 1 aromatic heterocycles. The van der Waals surface area contributed by atoms with Crippen molar-refractivity contribution >= 4 is 22.6 Å². The molecule has 90 valence electrons. The van der Waals surface area contributed by atoms with Crippen molar-refractivity contribution in [3.63, 3.8) is 0 Å². The summed E-state index contributed by atoms with van der Waals surface area (Å²) in [5.74, 6) is 5.67. The number of nitrogens with zero attached hydrogens (tertiary/aromatic N) is 2. The van der Waals surface area contributed by atoms with Gasteiger partial charge in [-0.1, -0.05) is 18.2 Å². The Labute approximate surface area is 114 Å². The summed E-state index contributed by atoms with van der Waals surface area (Å²) in [7, 11) is 1.90. The lowest BCUT2D eigenvalue weighted by Gasteiger charge is -2.17. The quantitative estimate of drug-likeness (QED) is 0.509. The predicted octanol–water partition coefficient (Wildman–Crippen LogP) is 1.89. The lowest BCUT2D eigenvalue weighted by Crippen LogP contribution is -2.29. The molecule has 0 amide bonds. The van der Waals surface area contributed by atoms with Crippen LogP contribution in [0.25, 0.3) is 0 Å². The number of aromatic nitrogens is 2. The molecule has 17 heavy (non-hydrogen) atoms. The van der Waals surface area contributed by atoms with E-state index in [-0.39, 0.29) is 6.04 Å². The van der Waals surface area contributed by atoms with Gasteiger partial charge in [-0.25, -0.2) is 5.43 Å². The largest absolute Gasteiger partial charge is 0.275 e. The second kappa shape index (κ2) is 5.16. The van der Waals surface area contributed by atoms with Gasteiger partial charge >= 0.3 is 0 Å². The summed E-state index contributed by atoms with van der Waals surface area (Å²) in [6.07, 6.45) is 3.81. The third kappa shape index (κ3) is 2.51. The van der Waals surface area contributed by atoms with Crippen molar-refractivity contribution in [1.29, 1.82) is 0 Å². The van der Waals surface area contributed by atoms with Gasteiger partial charge in [0.2, 0.25) is 0 Å². The first-order chi connectivity index (χ1) is 8.13. The first-order valence-electron chi connectivity index (χ1n) is 5.33. The summed E-state index contributed by atoms with van der Waals surface area (Å²) in [6.45, 7) is 2.10. The second-order valence-electron chi connectivity index (χ2n) is 4.03. The van der Waals surface area contributed by atoms with Crippen LogP contribution in [0.2, 0.25) is 0 Å². The average Bonchev–Trinajstić information content (AvgIpc) is 2.72. The molecule has 0 radical (unpaired) electrons. The Bertz CT molecular complexity index is 521. The fourth-order valence-corrected chi connectivity index (χ4v) is 2.52. The predicted molar refractivity (Wildman–Crippen MR) is 76.3 cm³/mol. The molecular weight excluding hydrogens is 327 g/mol. The lowest BCUT2D eigenvalue weighted by molar-refractivity contribution is 0.633. The summed E-state index contributed by atoms with van der Waals surface area (Å²) in [5, 5.41) is 4.18. The SMILES string of the molecule is Cc1cccc(C(NN)c2cnn(C)c2)c1I. The van der Waals surface area contributed by atoms with Crippen molar-refractivity contribution in [1.82, 2.24) is 15.2 Å². The fraction of sp³-hybridized carbons (Fsp3) is 0.250. The minimum Gasteiger partial charge on any atom is -0.275 e. The maximum Gasteiger partial charge on any atom is 0.0751 e. The molecule has 1 atom stereocenters. The van der Waals surface area contributed by atoms with Crippen LogP contribution in [0.15, 0.2) is 30.6 Å². The van der Waals surface area contributed by atoms with Crippen molar-refractivity contribution in [2.45, 2.75) is 13.0 Å². The third-order valence-corrected chi connectivity index (χ3v) is 4.23. The van der Waals surface area contributed by atoms with Gasteiger partial charge in [0.1, 0.15) is 0 Å². The van der Waals surface area contributed by atoms with E-state index in [1.165, 1.54) is 14.7 Å². The molecule has 0 saturated heterocycles. The van der Waals surface area contributed by atoms with Crippen molar-refractivity contribution < 1.29 is 0 Å². The van der Waals surface area contributed by atoms with Gasteiger partial charge in [-0.15, -0.1) is 0 Å². The first kappa shape index (κ1) is 12.5. The number of rotatable bonds is 3. The van der Waals surface area contributed by atoms with E-state index in [9.17, 15) is 0 Å². The molecule has 4 nitrogen and oxygen atoms in total. The van der Waals surface area contributed by atoms with Crippen LogP contribution >= 0.6 is 22.6 Å². The molecule has 1 heterocycles. The van der Waals surface area contributed by atoms with E-state index in [0.717, 1.165) is 5.56 Å². The van der Waals surface area contributed by atoms with E-state index in [4.69, 9.17) is 5.84 Å². The normalized spacial score (nSPS) is 12.7. The summed E-state index contributed by atoms with van der Waals surface area (Å²) in [6, 6.07) is 6.22. The van der Waals surface area contributed by atoms with Gasteiger partial charge in [-0.3, -0.25) is 10.5 Å². The number of nitrogens with two attached hydrogens (primary N) is 1. The third-order valence-electron chi connectivity index (χ3n) is 2.76. The maximum absolute atomic E-state index is 5.67. The van der Waals surface area contributed by atoms with Crippen molar-refractivity contribution in [3.8, 4) is 0 Å². The van der Waals surface area contributed by atoms with Crippen LogP contribution < -0.4 is 11.3 Å². The van der Waals surface area contributed by atoms with Gasteiger partial charge in [0, 0.05) is 22.4 Å². The molecule has 3 N–H and O–H groups in total. The molecule has 0 aliphatic carbocycles. The van der Waals surface area contributed by atoms with Crippen molar-refractivity contribution in [2.75, 3.05) is 0 Å². The van der Waals surface area contributed by atoms with Crippen LogP contribution in [0.1, 0.15) is 22.7 Å². The van der Waals surface area contributed by atoms with E-state index in [0.29, 0.717) is 0 Å². The van der Waals surface area contributed by atoms with E-state index >= 15 is 0 Å². The van der Waals surface area contributed by atoms with Crippen LogP contribution in [-0.2, 0) is 7.05 Å². The zero-order chi connectivity index (χ0) is 12.4. The highest BCUT2D eigenvalue weighted by atomic mass is 127. The van der Waals surface area contributed by atoms with Crippen LogP contribution in [-0.4, -0.2) is 9.78 Å². The summed E-state index contributed by atoms with van der Waals surface area (Å²) >= 11 is 2.35. The smallest absolute Gasteiger partial charge is 0.0751 e. The minimum atomic E-state index is -0.0181. The van der Waals surface area contributed by atoms with Crippen molar-refractivity contribution in [2.24, 2.45) is 12.9 Å². The number of hydrazine groups is 1. The summed E-state index contributed by atoms with van der Waals surface area (Å²) in [5.41, 5.74) is 6.36. The first-order valence-corrected chi connectivity index (χ1v) is 6.41. The minimum absolute atomic E-state index is 0.0181. The Kier molecular flexibility index (Phi) is 3.80. The van der Waals surface area contributed by atoms with Crippen molar-refractivity contribution in [3.05, 3.63) is 50.9 Å². The number of hydrogen-bond acceptors (Lipinski definition) is 3. The molecule has 0 saturated carbocycles. The zero-order valence-electron chi connectivity index (χ0n) is 9.81. The molecule has 0 bridgehead atoms. The second-order valence-corrected chi connectivity index (χ2v) is 5.10. The van der Waals surface area contributed by atoms with E-state index in [1.54, 1.807) is 4.68 Å². The van der Waals surface area contributed by atoms with Gasteiger partial charge in [0.05, 0.1) is 12.2 Å². The number of halogens is 1. The van der Waals surface area contributed by atoms with Gasteiger partial charge in [0.25, 0.3) is 0 Å². The Morgan fingerprint density at radius 2 is 2.24 bits per heavy atom. The molecule has 1 unspecified atom stereocenters. The highest BCUT2D eigenvalue weighted by Gasteiger charge is 2.17. The number of nitrogens with one attached hydrogen (secondary N) is 1. The number of hydrogen-bond donors (Lipinski definition) is 2. The number of benzene rings is 1. The highest BCUT2D eigenvalue weighted by molar-refractivity contribution is 14.1. The molecule has 0 aliphatic rings. The van der Waals surface area contributed by atoms with Gasteiger partial charge in [0.15, 0.2) is 0 Å². The lowest BCUT2D eigenvalue weighted by atomic mass is 10.0. The van der Waals surface area contributed by atoms with Crippen LogP contribution in [0.3, 0.4) is 0 Å². The van der Waals surface area contributed by atoms with E-state index < -0.39 is 0 Å². The molecule has 1 aromatic carbocycles. The molecule has 0 aliphatic heterocycles. The van der Waals surface area contributed by atoms with Crippen LogP contribution in [0, 0.1) is 10.5 Å². The summed E-state index contributed by atoms with van der Waals surface area (Å²) in [4.78, 5) is 0. The monoisotopic (exact) mass is 342 g/mol. The number of aryl methyl sites for hydroxylation is 2. The van der Waals surface area contributed by atoms with E-state index in [1.807, 2.05) is 25.5 Å². The Hall–Kier alpha value is -0.920. The average molecular weight is 342 g/mol. The van der Waals surface area contributed by atoms with Gasteiger partial charge < -0.3 is 0 Å². The van der Waals surface area contributed by atoms with Crippen LogP contribution in [0.5, 0.6) is 0 Å². The molecule has 0 fully saturated rings. The molecule has 2 aromatic rings. The Balaban J connectivity index is 2.45. The zero-order valence-corrected chi connectivity index (χ0v) is 12.0. The molecular formula is C12H15IN4.